The number of aromatic nitrogens is 6. The van der Waals surface area contributed by atoms with Gasteiger partial charge in [-0.05, 0) is 82.9 Å². The molecule has 394 valence electrons. The molecule has 0 aliphatic heterocycles. The molecule has 0 saturated heterocycles. The lowest BCUT2D eigenvalue weighted by molar-refractivity contribution is 0.666. The van der Waals surface area contributed by atoms with Crippen LogP contribution in [0.4, 0.5) is 0 Å². The second-order valence-electron chi connectivity index (χ2n) is 22.6. The molecule has 0 bridgehead atoms. The van der Waals surface area contributed by atoms with Crippen LogP contribution in [0.5, 0.6) is 0 Å². The molecule has 0 amide bonds. The SMILES string of the molecule is CC1(C)c2ccccc2-c2ccc3c(c21)c1ccccc1n3-c1c(-c2ccccc2-n2c3ccccc3c3ccccc32)cc(-c2nc(-c3ccccc3)nc(-c3ccccc3)n2)cc1-c1ccccc1-n1c2ccccc2c2ccccc21. The molecule has 84 heavy (non-hydrogen) atoms. The molecule has 1 aliphatic rings. The van der Waals surface area contributed by atoms with Crippen LogP contribution in [0.1, 0.15) is 25.0 Å². The Morgan fingerprint density at radius 2 is 0.643 bits per heavy atom. The molecule has 0 spiro atoms. The Morgan fingerprint density at radius 1 is 0.274 bits per heavy atom. The topological polar surface area (TPSA) is 53.5 Å². The van der Waals surface area contributed by atoms with Crippen molar-refractivity contribution in [3.63, 3.8) is 0 Å². The number of benzene rings is 12. The third kappa shape index (κ3) is 7.07. The summed E-state index contributed by atoms with van der Waals surface area (Å²) in [6.07, 6.45) is 0. The van der Waals surface area contributed by atoms with E-state index in [1.165, 1.54) is 54.6 Å². The molecule has 0 unspecified atom stereocenters. The molecular formula is C78H52N6. The maximum atomic E-state index is 5.51. The zero-order valence-electron chi connectivity index (χ0n) is 46.2. The standard InChI is InChI=1S/C78H52N6/c1-78(2)63-37-17-9-29-52(63)59-45-46-71-72(73(59)78)60-36-16-24-44-70(60)84(71)74-61(57-34-14-22-42-68(57)82-64-38-18-10-30-53(64)54-31-11-19-39-65(54)82)47-51(77-80-75(49-25-5-3-6-26-49)79-76(81-77)50-27-7-4-8-28-50)48-62(74)58-35-15-23-43-69(58)83-66-40-20-12-32-55(66)56-33-13-21-41-67(56)83/h3-48H,1-2H3. The maximum absolute atomic E-state index is 5.51. The second-order valence-corrected chi connectivity index (χ2v) is 22.6. The monoisotopic (exact) mass is 1070 g/mol. The highest BCUT2D eigenvalue weighted by molar-refractivity contribution is 6.17. The first kappa shape index (κ1) is 47.8. The number of nitrogens with zero attached hydrogens (tertiary/aromatic N) is 6. The van der Waals surface area contributed by atoms with Crippen molar-refractivity contribution in [2.75, 3.05) is 0 Å². The predicted octanol–water partition coefficient (Wildman–Crippen LogP) is 19.8. The fourth-order valence-electron chi connectivity index (χ4n) is 14.1. The van der Waals surface area contributed by atoms with E-state index >= 15 is 0 Å². The Labute approximate surface area is 485 Å². The first-order valence-corrected chi connectivity index (χ1v) is 28.9. The second kappa shape index (κ2) is 18.5. The molecule has 4 heterocycles. The molecule has 6 heteroatoms. The first-order chi connectivity index (χ1) is 41.5. The lowest BCUT2D eigenvalue weighted by atomic mass is 9.80. The highest BCUT2D eigenvalue weighted by Crippen LogP contribution is 2.55. The normalized spacial score (nSPS) is 12.7. The molecule has 0 N–H and O–H groups in total. The minimum atomic E-state index is -0.284. The van der Waals surface area contributed by atoms with Gasteiger partial charge in [0.25, 0.3) is 0 Å². The van der Waals surface area contributed by atoms with Crippen LogP contribution in [0.3, 0.4) is 0 Å². The van der Waals surface area contributed by atoms with Crippen LogP contribution in [0.2, 0.25) is 0 Å². The fraction of sp³-hybridized carbons (Fsp3) is 0.0385. The third-order valence-corrected chi connectivity index (χ3v) is 17.7. The van der Waals surface area contributed by atoms with Crippen LogP contribution < -0.4 is 0 Å². The Balaban J connectivity index is 1.07. The Morgan fingerprint density at radius 3 is 1.12 bits per heavy atom. The smallest absolute Gasteiger partial charge is 0.164 e. The summed E-state index contributed by atoms with van der Waals surface area (Å²) < 4.78 is 7.51. The summed E-state index contributed by atoms with van der Waals surface area (Å²) in [4.78, 5) is 16.2. The van der Waals surface area contributed by atoms with E-state index in [-0.39, 0.29) is 5.41 Å². The van der Waals surface area contributed by atoms with E-state index in [1.54, 1.807) is 0 Å². The summed E-state index contributed by atoms with van der Waals surface area (Å²) in [5, 5.41) is 7.26. The fourth-order valence-corrected chi connectivity index (χ4v) is 14.1. The first-order valence-electron chi connectivity index (χ1n) is 28.9. The van der Waals surface area contributed by atoms with Crippen LogP contribution in [-0.2, 0) is 5.41 Å². The highest BCUT2D eigenvalue weighted by Gasteiger charge is 2.39. The molecule has 0 atom stereocenters. The third-order valence-electron chi connectivity index (χ3n) is 17.7. The molecule has 1 aliphatic carbocycles. The van der Waals surface area contributed by atoms with Gasteiger partial charge in [0.05, 0.1) is 50.2 Å². The Hall–Kier alpha value is -11.0. The van der Waals surface area contributed by atoms with Gasteiger partial charge in [-0.15, -0.1) is 0 Å². The molecule has 12 aromatic carbocycles. The molecule has 6 nitrogen and oxygen atoms in total. The average Bonchev–Trinajstić information content (AvgIpc) is 2.28. The van der Waals surface area contributed by atoms with E-state index in [2.05, 4.69) is 270 Å². The summed E-state index contributed by atoms with van der Waals surface area (Å²) in [6.45, 7) is 4.81. The van der Waals surface area contributed by atoms with E-state index in [0.29, 0.717) is 17.5 Å². The maximum Gasteiger partial charge on any atom is 0.164 e. The van der Waals surface area contributed by atoms with Crippen molar-refractivity contribution in [2.45, 2.75) is 19.3 Å². The summed E-state index contributed by atoms with van der Waals surface area (Å²) in [5.41, 5.74) is 21.7. The van der Waals surface area contributed by atoms with Crippen LogP contribution >= 0.6 is 0 Å². The van der Waals surface area contributed by atoms with Crippen molar-refractivity contribution in [2.24, 2.45) is 0 Å². The van der Waals surface area contributed by atoms with Gasteiger partial charge in [-0.3, -0.25) is 0 Å². The van der Waals surface area contributed by atoms with Gasteiger partial charge in [-0.2, -0.15) is 0 Å². The van der Waals surface area contributed by atoms with Gasteiger partial charge in [-0.1, -0.05) is 232 Å². The molecule has 17 rings (SSSR count). The van der Waals surface area contributed by atoms with Crippen LogP contribution in [0.15, 0.2) is 279 Å². The zero-order chi connectivity index (χ0) is 55.6. The van der Waals surface area contributed by atoms with E-state index in [0.717, 1.165) is 89.1 Å². The molecule has 16 aromatic rings. The number of para-hydroxylation sites is 7. The number of hydrogen-bond acceptors (Lipinski definition) is 3. The Kier molecular flexibility index (Phi) is 10.6. The van der Waals surface area contributed by atoms with Crippen molar-refractivity contribution < 1.29 is 0 Å². The average molecular weight is 1070 g/mol. The van der Waals surface area contributed by atoms with Crippen molar-refractivity contribution >= 4 is 65.4 Å². The van der Waals surface area contributed by atoms with E-state index in [1.807, 2.05) is 36.4 Å². The van der Waals surface area contributed by atoms with E-state index < -0.39 is 0 Å². The molecule has 0 saturated carbocycles. The zero-order valence-corrected chi connectivity index (χ0v) is 46.2. The lowest BCUT2D eigenvalue weighted by Crippen LogP contribution is -2.15. The van der Waals surface area contributed by atoms with Gasteiger partial charge in [0, 0.05) is 76.7 Å². The van der Waals surface area contributed by atoms with Crippen molar-refractivity contribution in [3.05, 3.63) is 290 Å². The van der Waals surface area contributed by atoms with Crippen LogP contribution in [-0.4, -0.2) is 28.7 Å². The minimum absolute atomic E-state index is 0.284. The molecular weight excluding hydrogens is 1020 g/mol. The van der Waals surface area contributed by atoms with Gasteiger partial charge in [0.15, 0.2) is 17.5 Å². The molecule has 0 fully saturated rings. The molecule has 0 radical (unpaired) electrons. The van der Waals surface area contributed by atoms with Gasteiger partial charge < -0.3 is 13.7 Å². The minimum Gasteiger partial charge on any atom is -0.309 e. The number of hydrogen-bond donors (Lipinski definition) is 0. The molecule has 4 aromatic heterocycles. The van der Waals surface area contributed by atoms with Gasteiger partial charge >= 0.3 is 0 Å². The summed E-state index contributed by atoms with van der Waals surface area (Å²) >= 11 is 0. The highest BCUT2D eigenvalue weighted by atomic mass is 15.0. The number of fused-ring (bicyclic) bond motifs is 13. The van der Waals surface area contributed by atoms with Crippen LogP contribution in [0, 0.1) is 0 Å². The van der Waals surface area contributed by atoms with E-state index in [4.69, 9.17) is 15.0 Å². The van der Waals surface area contributed by atoms with Crippen molar-refractivity contribution in [3.8, 4) is 84.6 Å². The summed E-state index contributed by atoms with van der Waals surface area (Å²) in [7, 11) is 0. The van der Waals surface area contributed by atoms with Gasteiger partial charge in [0.2, 0.25) is 0 Å². The Bertz CT molecular complexity index is 5010. The quantitative estimate of drug-likeness (QED) is 0.152. The largest absolute Gasteiger partial charge is 0.309 e. The van der Waals surface area contributed by atoms with Gasteiger partial charge in [-0.25, -0.2) is 15.0 Å². The summed E-state index contributed by atoms with van der Waals surface area (Å²) in [5.74, 6) is 1.77. The van der Waals surface area contributed by atoms with Crippen molar-refractivity contribution in [1.82, 2.24) is 28.7 Å². The predicted molar refractivity (Wildman–Crippen MR) is 348 cm³/mol. The van der Waals surface area contributed by atoms with E-state index in [9.17, 15) is 0 Å². The lowest BCUT2D eigenvalue weighted by Gasteiger charge is -2.25. The summed E-state index contributed by atoms with van der Waals surface area (Å²) in [6, 6.07) is 101. The number of rotatable bonds is 8. The van der Waals surface area contributed by atoms with Crippen LogP contribution in [0.25, 0.3) is 150 Å². The van der Waals surface area contributed by atoms with Crippen molar-refractivity contribution in [1.29, 1.82) is 0 Å². The van der Waals surface area contributed by atoms with Gasteiger partial charge in [0.1, 0.15) is 0 Å².